The zero-order valence-electron chi connectivity index (χ0n) is 6.42. The summed E-state index contributed by atoms with van der Waals surface area (Å²) >= 11 is 0. The minimum absolute atomic E-state index is 0.218. The molecule has 2 heterocycles. The van der Waals surface area contributed by atoms with Gasteiger partial charge in [-0.1, -0.05) is 0 Å². The highest BCUT2D eigenvalue weighted by atomic mass is 16.1. The minimum Gasteiger partial charge on any atom is -0.307 e. The van der Waals surface area contributed by atoms with Gasteiger partial charge >= 0.3 is 5.69 Å². The molecule has 2 rings (SSSR count). The van der Waals surface area contributed by atoms with Crippen molar-refractivity contribution in [1.29, 1.82) is 0 Å². The lowest BCUT2D eigenvalue weighted by atomic mass is 10.4. The molecule has 0 saturated carbocycles. The number of pyridine rings is 1. The third-order valence-electron chi connectivity index (χ3n) is 1.79. The molecule has 0 unspecified atom stereocenters. The van der Waals surface area contributed by atoms with E-state index in [1.165, 1.54) is 10.6 Å². The molecule has 0 aromatic carbocycles. The van der Waals surface area contributed by atoms with E-state index in [4.69, 9.17) is 0 Å². The fourth-order valence-electron chi connectivity index (χ4n) is 1.14. The van der Waals surface area contributed by atoms with Crippen LogP contribution in [0.1, 0.15) is 0 Å². The Bertz CT molecular complexity index is 531. The molecular weight excluding hydrogens is 158 g/mol. The van der Waals surface area contributed by atoms with Gasteiger partial charge in [-0.25, -0.2) is 4.79 Å². The summed E-state index contributed by atoms with van der Waals surface area (Å²) in [6, 6.07) is 2.99. The number of aromatic amines is 2. The van der Waals surface area contributed by atoms with Crippen LogP contribution in [0, 0.1) is 0 Å². The van der Waals surface area contributed by atoms with Gasteiger partial charge in [-0.15, -0.1) is 0 Å². The second-order valence-corrected chi connectivity index (χ2v) is 2.57. The van der Waals surface area contributed by atoms with Gasteiger partial charge < -0.3 is 4.98 Å². The van der Waals surface area contributed by atoms with Gasteiger partial charge in [0.25, 0.3) is 0 Å². The first-order chi connectivity index (χ1) is 5.68. The largest absolute Gasteiger partial charge is 0.327 e. The number of hydrogen-bond acceptors (Lipinski definition) is 2. The zero-order valence-corrected chi connectivity index (χ0v) is 6.42. The minimum atomic E-state index is -0.230. The zero-order chi connectivity index (χ0) is 8.72. The summed E-state index contributed by atoms with van der Waals surface area (Å²) in [5, 5.41) is 0. The van der Waals surface area contributed by atoms with E-state index in [1.54, 1.807) is 13.1 Å². The summed E-state index contributed by atoms with van der Waals surface area (Å²) < 4.78 is 1.44. The Morgan fingerprint density at radius 3 is 2.75 bits per heavy atom. The number of aromatic nitrogens is 3. The Hall–Kier alpha value is -1.78. The molecular formula is C7H7N3O2. The van der Waals surface area contributed by atoms with Crippen molar-refractivity contribution in [3.05, 3.63) is 33.0 Å². The number of hydrogen-bond donors (Lipinski definition) is 2. The van der Waals surface area contributed by atoms with Gasteiger partial charge in [0.15, 0.2) is 0 Å². The highest BCUT2D eigenvalue weighted by Crippen LogP contribution is 2.00. The van der Waals surface area contributed by atoms with E-state index in [-0.39, 0.29) is 11.2 Å². The Morgan fingerprint density at radius 1 is 1.25 bits per heavy atom. The fraction of sp³-hybridized carbons (Fsp3) is 0.143. The van der Waals surface area contributed by atoms with Gasteiger partial charge in [0, 0.05) is 13.1 Å². The Labute approximate surface area is 66.7 Å². The highest BCUT2D eigenvalue weighted by molar-refractivity contribution is 5.69. The maximum Gasteiger partial charge on any atom is 0.327 e. The highest BCUT2D eigenvalue weighted by Gasteiger charge is 2.01. The van der Waals surface area contributed by atoms with Crippen LogP contribution in [0.5, 0.6) is 0 Å². The van der Waals surface area contributed by atoms with Gasteiger partial charge in [-0.05, 0) is 6.07 Å². The Kier molecular flexibility index (Phi) is 1.21. The third-order valence-corrected chi connectivity index (χ3v) is 1.79. The second-order valence-electron chi connectivity index (χ2n) is 2.57. The first kappa shape index (κ1) is 6.90. The lowest BCUT2D eigenvalue weighted by molar-refractivity contribution is 0.891. The van der Waals surface area contributed by atoms with Gasteiger partial charge in [0.2, 0.25) is 5.56 Å². The maximum atomic E-state index is 11.0. The van der Waals surface area contributed by atoms with Crippen molar-refractivity contribution in [2.45, 2.75) is 0 Å². The van der Waals surface area contributed by atoms with Crippen molar-refractivity contribution in [2.75, 3.05) is 0 Å². The lowest BCUT2D eigenvalue weighted by Gasteiger charge is -1.89. The summed E-state index contributed by atoms with van der Waals surface area (Å²) in [5.41, 5.74) is 0.714. The van der Waals surface area contributed by atoms with Crippen molar-refractivity contribution >= 4 is 11.2 Å². The molecule has 62 valence electrons. The van der Waals surface area contributed by atoms with E-state index in [0.29, 0.717) is 11.2 Å². The SMILES string of the molecule is Cn1c(=O)[nH]c2[nH]c(=O)ccc21. The molecule has 0 amide bonds. The molecule has 5 nitrogen and oxygen atoms in total. The van der Waals surface area contributed by atoms with Crippen molar-refractivity contribution in [1.82, 2.24) is 14.5 Å². The number of nitrogens with zero attached hydrogens (tertiary/aromatic N) is 1. The number of nitrogens with one attached hydrogen (secondary N) is 2. The smallest absolute Gasteiger partial charge is 0.307 e. The molecule has 0 spiro atoms. The van der Waals surface area contributed by atoms with Gasteiger partial charge in [-0.3, -0.25) is 14.3 Å². The predicted octanol–water partition coefficient (Wildman–Crippen LogP) is -0.445. The number of rotatable bonds is 0. The van der Waals surface area contributed by atoms with Gasteiger partial charge in [-0.2, -0.15) is 0 Å². The van der Waals surface area contributed by atoms with Crippen LogP contribution in [-0.4, -0.2) is 14.5 Å². The molecule has 2 N–H and O–H groups in total. The molecule has 0 aliphatic carbocycles. The molecule has 0 radical (unpaired) electrons. The summed E-state index contributed by atoms with van der Waals surface area (Å²) in [7, 11) is 1.64. The normalized spacial score (nSPS) is 10.8. The van der Waals surface area contributed by atoms with Gasteiger partial charge in [0.1, 0.15) is 5.65 Å². The van der Waals surface area contributed by atoms with Crippen LogP contribution >= 0.6 is 0 Å². The number of imidazole rings is 1. The molecule has 0 atom stereocenters. The second kappa shape index (κ2) is 2.10. The Morgan fingerprint density at radius 2 is 2.00 bits per heavy atom. The summed E-state index contributed by atoms with van der Waals surface area (Å²) in [4.78, 5) is 26.9. The third kappa shape index (κ3) is 0.795. The number of aryl methyl sites for hydroxylation is 1. The van der Waals surface area contributed by atoms with E-state index in [1.807, 2.05) is 0 Å². The Balaban J connectivity index is 3.06. The van der Waals surface area contributed by atoms with Crippen molar-refractivity contribution in [3.63, 3.8) is 0 Å². The molecule has 0 bridgehead atoms. The molecule has 0 aliphatic rings. The summed E-state index contributed by atoms with van der Waals surface area (Å²) in [5.74, 6) is 0. The average molecular weight is 165 g/mol. The van der Waals surface area contributed by atoms with Crippen LogP contribution in [0.15, 0.2) is 21.7 Å². The van der Waals surface area contributed by atoms with Crippen LogP contribution in [0.2, 0.25) is 0 Å². The van der Waals surface area contributed by atoms with Crippen LogP contribution < -0.4 is 11.2 Å². The molecule has 12 heavy (non-hydrogen) atoms. The monoisotopic (exact) mass is 165 g/mol. The van der Waals surface area contributed by atoms with Crippen molar-refractivity contribution < 1.29 is 0 Å². The van der Waals surface area contributed by atoms with Crippen LogP contribution in [-0.2, 0) is 7.05 Å². The van der Waals surface area contributed by atoms with Crippen molar-refractivity contribution in [3.8, 4) is 0 Å². The first-order valence-corrected chi connectivity index (χ1v) is 3.46. The van der Waals surface area contributed by atoms with Gasteiger partial charge in [0.05, 0.1) is 5.52 Å². The molecule has 5 heteroatoms. The molecule has 2 aromatic heterocycles. The number of H-pyrrole nitrogens is 2. The quantitative estimate of drug-likeness (QED) is 0.555. The topological polar surface area (TPSA) is 70.7 Å². The van der Waals surface area contributed by atoms with Crippen molar-refractivity contribution in [2.24, 2.45) is 7.05 Å². The van der Waals surface area contributed by atoms with E-state index in [0.717, 1.165) is 0 Å². The molecule has 0 saturated heterocycles. The first-order valence-electron chi connectivity index (χ1n) is 3.46. The molecule has 0 fully saturated rings. The lowest BCUT2D eigenvalue weighted by Crippen LogP contribution is -2.11. The fourth-order valence-corrected chi connectivity index (χ4v) is 1.14. The number of fused-ring (bicyclic) bond motifs is 1. The summed E-state index contributed by atoms with van der Waals surface area (Å²) in [6.45, 7) is 0. The summed E-state index contributed by atoms with van der Waals surface area (Å²) in [6.07, 6.45) is 0. The molecule has 2 aromatic rings. The average Bonchev–Trinajstić information content (AvgIpc) is 2.28. The molecule has 0 aliphatic heterocycles. The van der Waals surface area contributed by atoms with Crippen LogP contribution in [0.3, 0.4) is 0 Å². The predicted molar refractivity (Wildman–Crippen MR) is 44.2 cm³/mol. The van der Waals surface area contributed by atoms with E-state index in [2.05, 4.69) is 9.97 Å². The van der Waals surface area contributed by atoms with E-state index in [9.17, 15) is 9.59 Å². The maximum absolute atomic E-state index is 11.0. The van der Waals surface area contributed by atoms with Crippen LogP contribution in [0.25, 0.3) is 11.2 Å². The standard InChI is InChI=1S/C7H7N3O2/c1-10-4-2-3-5(11)8-6(4)9-7(10)12/h2-3H,1H3,(H2,8,9,11,12). The van der Waals surface area contributed by atoms with E-state index < -0.39 is 0 Å². The van der Waals surface area contributed by atoms with Crippen LogP contribution in [0.4, 0.5) is 0 Å². The van der Waals surface area contributed by atoms with E-state index >= 15 is 0 Å².